The molecule has 1 rings (SSSR count). The van der Waals surface area contributed by atoms with Gasteiger partial charge in [-0.15, -0.1) is 0 Å². The summed E-state index contributed by atoms with van der Waals surface area (Å²) in [4.78, 5) is 9.15. The molecule has 106 valence electrons. The summed E-state index contributed by atoms with van der Waals surface area (Å²) < 4.78 is 0. The first-order valence-corrected chi connectivity index (χ1v) is 7.11. The summed E-state index contributed by atoms with van der Waals surface area (Å²) in [5.74, 6) is 0.920. The van der Waals surface area contributed by atoms with Crippen molar-refractivity contribution < 1.29 is 0 Å². The van der Waals surface area contributed by atoms with Crippen LogP contribution in [0.1, 0.15) is 19.8 Å². The van der Waals surface area contributed by atoms with Crippen LogP contribution in [0.3, 0.4) is 0 Å². The SMILES string of the molecule is CCCNC(=NC)NCCN1CCCN(C)CC1. The smallest absolute Gasteiger partial charge is 0.191 e. The zero-order chi connectivity index (χ0) is 13.2. The summed E-state index contributed by atoms with van der Waals surface area (Å²) in [5, 5.41) is 6.66. The van der Waals surface area contributed by atoms with Gasteiger partial charge in [-0.3, -0.25) is 4.99 Å². The van der Waals surface area contributed by atoms with Crippen molar-refractivity contribution >= 4 is 5.96 Å². The summed E-state index contributed by atoms with van der Waals surface area (Å²) in [6, 6.07) is 0. The van der Waals surface area contributed by atoms with Crippen LogP contribution in [0.15, 0.2) is 4.99 Å². The third kappa shape index (κ3) is 6.21. The van der Waals surface area contributed by atoms with E-state index in [1.165, 1.54) is 32.6 Å². The van der Waals surface area contributed by atoms with Crippen LogP contribution in [0.4, 0.5) is 0 Å². The first-order chi connectivity index (χ1) is 8.76. The molecule has 1 heterocycles. The lowest BCUT2D eigenvalue weighted by atomic mass is 10.4. The zero-order valence-electron chi connectivity index (χ0n) is 12.2. The number of guanidine groups is 1. The van der Waals surface area contributed by atoms with Crippen LogP contribution >= 0.6 is 0 Å². The Hall–Kier alpha value is -0.810. The van der Waals surface area contributed by atoms with E-state index in [-0.39, 0.29) is 0 Å². The Morgan fingerprint density at radius 2 is 1.89 bits per heavy atom. The predicted molar refractivity (Wildman–Crippen MR) is 78.2 cm³/mol. The van der Waals surface area contributed by atoms with Crippen molar-refractivity contribution in [3.63, 3.8) is 0 Å². The maximum atomic E-state index is 4.21. The Morgan fingerprint density at radius 3 is 2.61 bits per heavy atom. The van der Waals surface area contributed by atoms with Gasteiger partial charge >= 0.3 is 0 Å². The van der Waals surface area contributed by atoms with E-state index in [1.54, 1.807) is 0 Å². The fourth-order valence-corrected chi connectivity index (χ4v) is 2.12. The molecule has 5 nitrogen and oxygen atoms in total. The summed E-state index contributed by atoms with van der Waals surface area (Å²) in [6.45, 7) is 10.0. The van der Waals surface area contributed by atoms with Crippen molar-refractivity contribution in [1.29, 1.82) is 0 Å². The number of nitrogens with one attached hydrogen (secondary N) is 2. The van der Waals surface area contributed by atoms with Gasteiger partial charge in [0.05, 0.1) is 0 Å². The number of hydrogen-bond acceptors (Lipinski definition) is 3. The topological polar surface area (TPSA) is 42.9 Å². The van der Waals surface area contributed by atoms with Gasteiger partial charge in [-0.1, -0.05) is 6.92 Å². The lowest BCUT2D eigenvalue weighted by Crippen LogP contribution is -2.42. The third-order valence-electron chi connectivity index (χ3n) is 3.30. The molecule has 0 aromatic carbocycles. The summed E-state index contributed by atoms with van der Waals surface area (Å²) >= 11 is 0. The fourth-order valence-electron chi connectivity index (χ4n) is 2.12. The Morgan fingerprint density at radius 1 is 1.11 bits per heavy atom. The van der Waals surface area contributed by atoms with E-state index in [4.69, 9.17) is 0 Å². The van der Waals surface area contributed by atoms with E-state index in [2.05, 4.69) is 39.4 Å². The molecule has 0 aromatic heterocycles. The molecule has 0 saturated carbocycles. The number of likely N-dealkylation sites (N-methyl/N-ethyl adjacent to an activating group) is 1. The van der Waals surface area contributed by atoms with E-state index in [9.17, 15) is 0 Å². The second-order valence-electron chi connectivity index (χ2n) is 4.92. The van der Waals surface area contributed by atoms with Crippen molar-refractivity contribution in [3.05, 3.63) is 0 Å². The van der Waals surface area contributed by atoms with Crippen molar-refractivity contribution in [2.45, 2.75) is 19.8 Å². The van der Waals surface area contributed by atoms with E-state index < -0.39 is 0 Å². The van der Waals surface area contributed by atoms with Gasteiger partial charge in [0.15, 0.2) is 5.96 Å². The molecule has 0 radical (unpaired) electrons. The molecule has 1 fully saturated rings. The highest BCUT2D eigenvalue weighted by molar-refractivity contribution is 5.79. The van der Waals surface area contributed by atoms with Crippen LogP contribution in [0, 0.1) is 0 Å². The number of hydrogen-bond donors (Lipinski definition) is 2. The maximum Gasteiger partial charge on any atom is 0.191 e. The van der Waals surface area contributed by atoms with Crippen LogP contribution in [0.2, 0.25) is 0 Å². The normalized spacial score (nSPS) is 19.6. The van der Waals surface area contributed by atoms with Crippen molar-refractivity contribution in [1.82, 2.24) is 20.4 Å². The van der Waals surface area contributed by atoms with E-state index >= 15 is 0 Å². The van der Waals surface area contributed by atoms with Crippen molar-refractivity contribution in [3.8, 4) is 0 Å². The molecule has 0 spiro atoms. The predicted octanol–water partition coefficient (Wildman–Crippen LogP) is 0.199. The third-order valence-corrected chi connectivity index (χ3v) is 3.30. The average molecular weight is 255 g/mol. The van der Waals surface area contributed by atoms with Gasteiger partial charge in [0.1, 0.15) is 0 Å². The van der Waals surface area contributed by atoms with E-state index in [0.717, 1.165) is 32.0 Å². The molecule has 0 aromatic rings. The van der Waals surface area contributed by atoms with Gasteiger partial charge in [-0.2, -0.15) is 0 Å². The van der Waals surface area contributed by atoms with Gasteiger partial charge in [0.25, 0.3) is 0 Å². The van der Waals surface area contributed by atoms with Crippen LogP contribution in [-0.2, 0) is 0 Å². The van der Waals surface area contributed by atoms with Gasteiger partial charge in [-0.25, -0.2) is 0 Å². The van der Waals surface area contributed by atoms with E-state index in [1.807, 2.05) is 7.05 Å². The molecule has 0 atom stereocenters. The molecule has 0 bridgehead atoms. The second kappa shape index (κ2) is 9.16. The lowest BCUT2D eigenvalue weighted by Gasteiger charge is -2.21. The summed E-state index contributed by atoms with van der Waals surface area (Å²) in [6.07, 6.45) is 2.40. The molecular formula is C13H29N5. The van der Waals surface area contributed by atoms with Crippen LogP contribution in [-0.4, -0.2) is 75.7 Å². The standard InChI is InChI=1S/C13H29N5/c1-4-6-15-13(14-2)16-7-10-18-9-5-8-17(3)11-12-18/h4-12H2,1-3H3,(H2,14,15,16). The zero-order valence-corrected chi connectivity index (χ0v) is 12.2. The largest absolute Gasteiger partial charge is 0.356 e. The van der Waals surface area contributed by atoms with E-state index in [0.29, 0.717) is 0 Å². The minimum Gasteiger partial charge on any atom is -0.356 e. The fraction of sp³-hybridized carbons (Fsp3) is 0.923. The molecule has 0 aliphatic carbocycles. The molecule has 2 N–H and O–H groups in total. The second-order valence-corrected chi connectivity index (χ2v) is 4.92. The monoisotopic (exact) mass is 255 g/mol. The molecule has 1 aliphatic heterocycles. The minimum absolute atomic E-state index is 0.920. The van der Waals surface area contributed by atoms with Crippen LogP contribution in [0.25, 0.3) is 0 Å². The van der Waals surface area contributed by atoms with Crippen LogP contribution in [0.5, 0.6) is 0 Å². The maximum absolute atomic E-state index is 4.21. The van der Waals surface area contributed by atoms with Gasteiger partial charge in [0, 0.05) is 39.8 Å². The molecular weight excluding hydrogens is 226 g/mol. The highest BCUT2D eigenvalue weighted by Crippen LogP contribution is 1.99. The molecule has 1 saturated heterocycles. The quantitative estimate of drug-likeness (QED) is 0.544. The molecule has 1 aliphatic rings. The summed E-state index contributed by atoms with van der Waals surface area (Å²) in [7, 11) is 4.03. The first-order valence-electron chi connectivity index (χ1n) is 7.11. The van der Waals surface area contributed by atoms with Gasteiger partial charge < -0.3 is 20.4 Å². The number of nitrogens with zero attached hydrogens (tertiary/aromatic N) is 3. The summed E-state index contributed by atoms with van der Waals surface area (Å²) in [5.41, 5.74) is 0. The molecule has 5 heteroatoms. The first kappa shape index (κ1) is 15.2. The van der Waals surface area contributed by atoms with Gasteiger partial charge in [0.2, 0.25) is 0 Å². The Labute approximate surface area is 112 Å². The highest BCUT2D eigenvalue weighted by atomic mass is 15.2. The Balaban J connectivity index is 2.15. The average Bonchev–Trinajstić information content (AvgIpc) is 2.58. The highest BCUT2D eigenvalue weighted by Gasteiger charge is 2.11. The van der Waals surface area contributed by atoms with Crippen molar-refractivity contribution in [2.24, 2.45) is 4.99 Å². The number of aliphatic imine (C=N–C) groups is 1. The number of rotatable bonds is 5. The van der Waals surface area contributed by atoms with Crippen LogP contribution < -0.4 is 10.6 Å². The minimum atomic E-state index is 0.920. The molecule has 0 amide bonds. The van der Waals surface area contributed by atoms with Gasteiger partial charge in [-0.05, 0) is 33.0 Å². The lowest BCUT2D eigenvalue weighted by molar-refractivity contribution is 0.280. The molecule has 0 unspecified atom stereocenters. The molecule has 18 heavy (non-hydrogen) atoms. The Kier molecular flexibility index (Phi) is 7.76. The Bertz CT molecular complexity index is 242. The van der Waals surface area contributed by atoms with Crippen molar-refractivity contribution in [2.75, 3.05) is 59.9 Å².